The summed E-state index contributed by atoms with van der Waals surface area (Å²) in [5.41, 5.74) is -0.435. The first-order valence-electron chi connectivity index (χ1n) is 3.50. The summed E-state index contributed by atoms with van der Waals surface area (Å²) >= 11 is 0. The van der Waals surface area contributed by atoms with Crippen LogP contribution in [0, 0.1) is 0 Å². The van der Waals surface area contributed by atoms with Crippen molar-refractivity contribution in [1.82, 2.24) is 0 Å². The van der Waals surface area contributed by atoms with Crippen LogP contribution in [0.2, 0.25) is 0 Å². The summed E-state index contributed by atoms with van der Waals surface area (Å²) in [6.45, 7) is 8.83. The van der Waals surface area contributed by atoms with Crippen molar-refractivity contribution in [3.8, 4) is 0 Å². The van der Waals surface area contributed by atoms with Crippen molar-refractivity contribution in [3.05, 3.63) is 12.3 Å². The molecule has 0 fully saturated rings. The van der Waals surface area contributed by atoms with Gasteiger partial charge in [-0.15, -0.1) is 0 Å². The van der Waals surface area contributed by atoms with Crippen LogP contribution in [0.3, 0.4) is 0 Å². The second-order valence-corrected chi connectivity index (χ2v) is 2.94. The molecule has 0 aliphatic heterocycles. The number of rotatable bonds is 4. The lowest BCUT2D eigenvalue weighted by molar-refractivity contribution is -0.139. The number of ether oxygens (including phenoxy) is 1. The molecule has 0 saturated heterocycles. The summed E-state index contributed by atoms with van der Waals surface area (Å²) in [4.78, 5) is 10.3. The molecule has 0 aliphatic rings. The highest BCUT2D eigenvalue weighted by atomic mass is 16.5. The Hall–Kier alpha value is -0.990. The maximum atomic E-state index is 10.3. The van der Waals surface area contributed by atoms with Crippen LogP contribution in [-0.4, -0.2) is 16.7 Å². The molecule has 0 atom stereocenters. The Morgan fingerprint density at radius 1 is 1.64 bits per heavy atom. The van der Waals surface area contributed by atoms with E-state index in [1.54, 1.807) is 0 Å². The highest BCUT2D eigenvalue weighted by Crippen LogP contribution is 2.17. The minimum Gasteiger partial charge on any atom is -0.481 e. The Balaban J connectivity index is 4.04. The topological polar surface area (TPSA) is 46.5 Å². The summed E-state index contributed by atoms with van der Waals surface area (Å²) in [6.07, 6.45) is 0.749. The van der Waals surface area contributed by atoms with Crippen LogP contribution in [0.25, 0.3) is 0 Å². The predicted octanol–water partition coefficient (Wildman–Crippen LogP) is 1.79. The van der Waals surface area contributed by atoms with Crippen molar-refractivity contribution < 1.29 is 14.6 Å². The number of hydrogen-bond donors (Lipinski definition) is 1. The third-order valence-electron chi connectivity index (χ3n) is 1.49. The van der Waals surface area contributed by atoms with Gasteiger partial charge in [-0.05, 0) is 26.8 Å². The summed E-state index contributed by atoms with van der Waals surface area (Å²) in [5.74, 6) is -1.30. The Kier molecular flexibility index (Phi) is 3.11. The van der Waals surface area contributed by atoms with Gasteiger partial charge in [0.25, 0.3) is 0 Å². The van der Waals surface area contributed by atoms with E-state index in [1.165, 1.54) is 0 Å². The van der Waals surface area contributed by atoms with Gasteiger partial charge in [0.15, 0.2) is 5.76 Å². The van der Waals surface area contributed by atoms with Gasteiger partial charge < -0.3 is 9.84 Å². The SMILES string of the molecule is C=C(OC(C)(C)CC)C(=O)O. The van der Waals surface area contributed by atoms with Crippen LogP contribution < -0.4 is 0 Å². The van der Waals surface area contributed by atoms with E-state index in [9.17, 15) is 4.79 Å². The lowest BCUT2D eigenvalue weighted by atomic mass is 10.1. The minimum absolute atomic E-state index is 0.197. The molecule has 0 unspecified atom stereocenters. The van der Waals surface area contributed by atoms with E-state index in [2.05, 4.69) is 6.58 Å². The zero-order valence-electron chi connectivity index (χ0n) is 7.18. The smallest absolute Gasteiger partial charge is 0.370 e. The fourth-order valence-corrected chi connectivity index (χ4v) is 0.449. The summed E-state index contributed by atoms with van der Waals surface area (Å²) in [6, 6.07) is 0. The molecule has 0 heterocycles. The molecule has 0 saturated carbocycles. The predicted molar refractivity (Wildman–Crippen MR) is 42.2 cm³/mol. The van der Waals surface area contributed by atoms with Gasteiger partial charge in [-0.25, -0.2) is 4.79 Å². The number of carboxylic acids is 1. The van der Waals surface area contributed by atoms with Crippen LogP contribution in [0.1, 0.15) is 27.2 Å². The van der Waals surface area contributed by atoms with Gasteiger partial charge in [0.05, 0.1) is 0 Å². The minimum atomic E-state index is -1.11. The molecular weight excluding hydrogens is 144 g/mol. The maximum Gasteiger partial charge on any atom is 0.370 e. The molecule has 11 heavy (non-hydrogen) atoms. The number of hydrogen-bond acceptors (Lipinski definition) is 2. The van der Waals surface area contributed by atoms with E-state index < -0.39 is 11.6 Å². The Morgan fingerprint density at radius 3 is 2.36 bits per heavy atom. The lowest BCUT2D eigenvalue weighted by Gasteiger charge is -2.24. The molecule has 0 amide bonds. The molecule has 0 aromatic carbocycles. The van der Waals surface area contributed by atoms with Crippen molar-refractivity contribution >= 4 is 5.97 Å². The largest absolute Gasteiger partial charge is 0.481 e. The Labute approximate surface area is 66.7 Å². The molecule has 1 N–H and O–H groups in total. The second-order valence-electron chi connectivity index (χ2n) is 2.94. The van der Waals surface area contributed by atoms with Crippen molar-refractivity contribution in [1.29, 1.82) is 0 Å². The highest BCUT2D eigenvalue weighted by molar-refractivity contribution is 5.83. The average molecular weight is 158 g/mol. The first-order valence-corrected chi connectivity index (χ1v) is 3.50. The fourth-order valence-electron chi connectivity index (χ4n) is 0.449. The van der Waals surface area contributed by atoms with Gasteiger partial charge >= 0.3 is 5.97 Å². The van der Waals surface area contributed by atoms with E-state index in [0.717, 1.165) is 6.42 Å². The van der Waals surface area contributed by atoms with Gasteiger partial charge in [0.2, 0.25) is 0 Å². The Bertz CT molecular complexity index is 170. The third-order valence-corrected chi connectivity index (χ3v) is 1.49. The molecule has 0 spiro atoms. The van der Waals surface area contributed by atoms with Gasteiger partial charge in [-0.2, -0.15) is 0 Å². The van der Waals surface area contributed by atoms with Gasteiger partial charge in [-0.1, -0.05) is 6.92 Å². The standard InChI is InChI=1S/C8H14O3/c1-5-8(3,4)11-6(2)7(9)10/h2,5H2,1,3-4H3,(H,9,10). The average Bonchev–Trinajstić information content (AvgIpc) is 1.87. The molecular formula is C8H14O3. The third kappa shape index (κ3) is 3.65. The number of carboxylic acid groups (broad SMARTS) is 1. The van der Waals surface area contributed by atoms with E-state index in [1.807, 2.05) is 20.8 Å². The molecule has 0 aliphatic carbocycles. The molecule has 0 radical (unpaired) electrons. The monoisotopic (exact) mass is 158 g/mol. The molecule has 0 bridgehead atoms. The van der Waals surface area contributed by atoms with Gasteiger partial charge in [-0.3, -0.25) is 0 Å². The lowest BCUT2D eigenvalue weighted by Crippen LogP contribution is -2.24. The first kappa shape index (κ1) is 10.0. The van der Waals surface area contributed by atoms with Crippen LogP contribution in [0.15, 0.2) is 12.3 Å². The zero-order chi connectivity index (χ0) is 9.07. The van der Waals surface area contributed by atoms with Crippen molar-refractivity contribution in [2.75, 3.05) is 0 Å². The zero-order valence-corrected chi connectivity index (χ0v) is 7.18. The van der Waals surface area contributed by atoms with E-state index in [4.69, 9.17) is 9.84 Å². The van der Waals surface area contributed by atoms with Crippen LogP contribution in [-0.2, 0) is 9.53 Å². The molecule has 64 valence electrons. The number of carbonyl (C=O) groups is 1. The first-order chi connectivity index (χ1) is 4.89. The van der Waals surface area contributed by atoms with Crippen LogP contribution in [0.5, 0.6) is 0 Å². The highest BCUT2D eigenvalue weighted by Gasteiger charge is 2.19. The molecule has 3 nitrogen and oxygen atoms in total. The number of aliphatic carboxylic acids is 1. The van der Waals surface area contributed by atoms with E-state index in [0.29, 0.717) is 0 Å². The van der Waals surface area contributed by atoms with Crippen LogP contribution >= 0.6 is 0 Å². The van der Waals surface area contributed by atoms with Gasteiger partial charge in [0.1, 0.15) is 5.60 Å². The van der Waals surface area contributed by atoms with E-state index >= 15 is 0 Å². The quantitative estimate of drug-likeness (QED) is 0.501. The Morgan fingerprint density at radius 2 is 2.09 bits per heavy atom. The van der Waals surface area contributed by atoms with Gasteiger partial charge in [0, 0.05) is 0 Å². The fraction of sp³-hybridized carbons (Fsp3) is 0.625. The molecule has 3 heteroatoms. The summed E-state index contributed by atoms with van der Waals surface area (Å²) in [5, 5.41) is 8.42. The van der Waals surface area contributed by atoms with Crippen molar-refractivity contribution in [2.45, 2.75) is 32.8 Å². The van der Waals surface area contributed by atoms with Crippen molar-refractivity contribution in [2.24, 2.45) is 0 Å². The summed E-state index contributed by atoms with van der Waals surface area (Å²) in [7, 11) is 0. The normalized spacial score (nSPS) is 10.8. The summed E-state index contributed by atoms with van der Waals surface area (Å²) < 4.78 is 5.05. The molecule has 0 aromatic heterocycles. The van der Waals surface area contributed by atoms with Crippen molar-refractivity contribution in [3.63, 3.8) is 0 Å². The van der Waals surface area contributed by atoms with E-state index in [-0.39, 0.29) is 5.76 Å². The van der Waals surface area contributed by atoms with Crippen LogP contribution in [0.4, 0.5) is 0 Å². The second kappa shape index (κ2) is 3.42. The molecule has 0 aromatic rings. The molecule has 0 rings (SSSR count). The maximum absolute atomic E-state index is 10.3.